The van der Waals surface area contributed by atoms with Crippen molar-refractivity contribution in [2.45, 2.75) is 39.0 Å². The fraction of sp³-hybridized carbons (Fsp3) is 0.765. The lowest BCUT2D eigenvalue weighted by atomic mass is 9.94. The molecule has 2 N–H and O–H groups in total. The van der Waals surface area contributed by atoms with Crippen LogP contribution >= 0.6 is 11.3 Å². The normalized spacial score (nSPS) is 17.4. The second-order valence-corrected chi connectivity index (χ2v) is 7.48. The van der Waals surface area contributed by atoms with E-state index in [-0.39, 0.29) is 0 Å². The first-order chi connectivity index (χ1) is 11.2. The van der Waals surface area contributed by atoms with Crippen molar-refractivity contribution in [3.05, 3.63) is 16.1 Å². The SMILES string of the molecule is CCc1cnc(CCNC(=NC)NCCC2CCN(C)CC2)s1. The highest BCUT2D eigenvalue weighted by atomic mass is 32.1. The van der Waals surface area contributed by atoms with Crippen LogP contribution in [0.5, 0.6) is 0 Å². The molecule has 2 rings (SSSR count). The number of aryl methyl sites for hydroxylation is 1. The molecule has 0 radical (unpaired) electrons. The molecule has 1 aliphatic heterocycles. The monoisotopic (exact) mass is 337 g/mol. The average molecular weight is 338 g/mol. The van der Waals surface area contributed by atoms with Gasteiger partial charge in [0.05, 0.1) is 5.01 Å². The molecule has 0 bridgehead atoms. The highest BCUT2D eigenvalue weighted by Gasteiger charge is 2.16. The van der Waals surface area contributed by atoms with E-state index in [2.05, 4.69) is 39.5 Å². The maximum absolute atomic E-state index is 4.45. The Kier molecular flexibility index (Phi) is 7.82. The number of piperidine rings is 1. The van der Waals surface area contributed by atoms with Gasteiger partial charge in [0.25, 0.3) is 0 Å². The number of guanidine groups is 1. The van der Waals surface area contributed by atoms with Gasteiger partial charge in [-0.05, 0) is 51.7 Å². The third-order valence-electron chi connectivity index (χ3n) is 4.49. The number of aromatic nitrogens is 1. The van der Waals surface area contributed by atoms with Crippen molar-refractivity contribution in [2.75, 3.05) is 40.3 Å². The van der Waals surface area contributed by atoms with E-state index in [1.54, 1.807) is 0 Å². The van der Waals surface area contributed by atoms with Crippen molar-refractivity contribution < 1.29 is 0 Å². The number of hydrogen-bond acceptors (Lipinski definition) is 4. The first-order valence-electron chi connectivity index (χ1n) is 8.78. The van der Waals surface area contributed by atoms with E-state index in [0.29, 0.717) is 0 Å². The van der Waals surface area contributed by atoms with Crippen LogP contribution in [0.25, 0.3) is 0 Å². The van der Waals surface area contributed by atoms with Crippen LogP contribution in [-0.2, 0) is 12.8 Å². The molecule has 2 heterocycles. The van der Waals surface area contributed by atoms with Crippen LogP contribution in [-0.4, -0.2) is 56.1 Å². The quantitative estimate of drug-likeness (QED) is 0.591. The van der Waals surface area contributed by atoms with Gasteiger partial charge in [-0.25, -0.2) is 4.98 Å². The third-order valence-corrected chi connectivity index (χ3v) is 5.69. The fourth-order valence-electron chi connectivity index (χ4n) is 2.88. The molecule has 0 spiro atoms. The van der Waals surface area contributed by atoms with Crippen molar-refractivity contribution in [3.8, 4) is 0 Å². The van der Waals surface area contributed by atoms with Gasteiger partial charge < -0.3 is 15.5 Å². The van der Waals surface area contributed by atoms with Crippen LogP contribution in [0.1, 0.15) is 36.1 Å². The van der Waals surface area contributed by atoms with Crippen LogP contribution in [0, 0.1) is 5.92 Å². The minimum absolute atomic E-state index is 0.861. The number of hydrogen-bond donors (Lipinski definition) is 2. The highest BCUT2D eigenvalue weighted by molar-refractivity contribution is 7.11. The topological polar surface area (TPSA) is 52.6 Å². The number of aliphatic imine (C=N–C) groups is 1. The first kappa shape index (κ1) is 18.2. The average Bonchev–Trinajstić information content (AvgIpc) is 3.03. The summed E-state index contributed by atoms with van der Waals surface area (Å²) in [5.74, 6) is 1.77. The van der Waals surface area contributed by atoms with E-state index in [1.165, 1.54) is 42.2 Å². The molecule has 1 aromatic heterocycles. The molecule has 5 nitrogen and oxygen atoms in total. The summed E-state index contributed by atoms with van der Waals surface area (Å²) in [5.41, 5.74) is 0. The minimum Gasteiger partial charge on any atom is -0.356 e. The molecule has 1 aliphatic rings. The number of likely N-dealkylation sites (tertiary alicyclic amines) is 1. The fourth-order valence-corrected chi connectivity index (χ4v) is 3.74. The zero-order chi connectivity index (χ0) is 16.5. The summed E-state index contributed by atoms with van der Waals surface area (Å²) < 4.78 is 0. The summed E-state index contributed by atoms with van der Waals surface area (Å²) in [7, 11) is 4.05. The molecular formula is C17H31N5S. The van der Waals surface area contributed by atoms with Gasteiger partial charge in [0, 0.05) is 37.6 Å². The molecule has 130 valence electrons. The molecule has 1 aromatic rings. The van der Waals surface area contributed by atoms with Crippen molar-refractivity contribution in [1.82, 2.24) is 20.5 Å². The molecule has 0 atom stereocenters. The van der Waals surface area contributed by atoms with E-state index in [1.807, 2.05) is 24.6 Å². The number of rotatable bonds is 7. The summed E-state index contributed by atoms with van der Waals surface area (Å²) >= 11 is 1.81. The predicted molar refractivity (Wildman–Crippen MR) is 99.4 cm³/mol. The summed E-state index contributed by atoms with van der Waals surface area (Å²) in [5, 5.41) is 8.03. The summed E-state index contributed by atoms with van der Waals surface area (Å²) in [6, 6.07) is 0. The lowest BCUT2D eigenvalue weighted by Gasteiger charge is -2.29. The minimum atomic E-state index is 0.861. The second-order valence-electron chi connectivity index (χ2n) is 6.28. The van der Waals surface area contributed by atoms with E-state index in [9.17, 15) is 0 Å². The number of nitrogens with one attached hydrogen (secondary N) is 2. The van der Waals surface area contributed by atoms with Gasteiger partial charge in [0.15, 0.2) is 5.96 Å². The third kappa shape index (κ3) is 6.47. The molecule has 0 aromatic carbocycles. The zero-order valence-electron chi connectivity index (χ0n) is 14.8. The van der Waals surface area contributed by atoms with Gasteiger partial charge in [-0.3, -0.25) is 4.99 Å². The molecule has 0 saturated carbocycles. The van der Waals surface area contributed by atoms with Crippen LogP contribution in [0.3, 0.4) is 0 Å². The molecule has 23 heavy (non-hydrogen) atoms. The largest absolute Gasteiger partial charge is 0.356 e. The molecule has 6 heteroatoms. The van der Waals surface area contributed by atoms with E-state index in [0.717, 1.165) is 37.8 Å². The van der Waals surface area contributed by atoms with Gasteiger partial charge in [0.2, 0.25) is 0 Å². The van der Waals surface area contributed by atoms with E-state index in [4.69, 9.17) is 0 Å². The number of thiazole rings is 1. The molecule has 1 saturated heterocycles. The maximum Gasteiger partial charge on any atom is 0.190 e. The Bertz CT molecular complexity index is 477. The Morgan fingerprint density at radius 1 is 1.35 bits per heavy atom. The number of nitrogens with zero attached hydrogens (tertiary/aromatic N) is 3. The van der Waals surface area contributed by atoms with E-state index < -0.39 is 0 Å². The van der Waals surface area contributed by atoms with Gasteiger partial charge in [-0.1, -0.05) is 6.92 Å². The van der Waals surface area contributed by atoms with Crippen LogP contribution in [0.15, 0.2) is 11.2 Å². The summed E-state index contributed by atoms with van der Waals surface area (Å²) in [6.45, 7) is 6.54. The lowest BCUT2D eigenvalue weighted by Crippen LogP contribution is -2.39. The molecule has 0 unspecified atom stereocenters. The van der Waals surface area contributed by atoms with E-state index >= 15 is 0 Å². The lowest BCUT2D eigenvalue weighted by molar-refractivity contribution is 0.213. The predicted octanol–water partition coefficient (Wildman–Crippen LogP) is 2.14. The van der Waals surface area contributed by atoms with Crippen molar-refractivity contribution in [2.24, 2.45) is 10.9 Å². The molecule has 0 amide bonds. The molecule has 0 aliphatic carbocycles. The Morgan fingerprint density at radius 2 is 2.09 bits per heavy atom. The second kappa shape index (κ2) is 9.88. The van der Waals surface area contributed by atoms with Crippen molar-refractivity contribution >= 4 is 17.3 Å². The van der Waals surface area contributed by atoms with Crippen LogP contribution < -0.4 is 10.6 Å². The van der Waals surface area contributed by atoms with Crippen LogP contribution in [0.4, 0.5) is 0 Å². The van der Waals surface area contributed by atoms with Gasteiger partial charge in [-0.15, -0.1) is 11.3 Å². The molecular weight excluding hydrogens is 306 g/mol. The summed E-state index contributed by atoms with van der Waals surface area (Å²) in [6.07, 6.45) is 7.92. The smallest absolute Gasteiger partial charge is 0.190 e. The van der Waals surface area contributed by atoms with Gasteiger partial charge in [-0.2, -0.15) is 0 Å². The zero-order valence-corrected chi connectivity index (χ0v) is 15.6. The van der Waals surface area contributed by atoms with Crippen LogP contribution in [0.2, 0.25) is 0 Å². The standard InChI is InChI=1S/C17H31N5S/c1-4-15-13-21-16(23-15)6-10-20-17(18-2)19-9-5-14-7-11-22(3)12-8-14/h13-14H,4-12H2,1-3H3,(H2,18,19,20). The molecule has 1 fully saturated rings. The Balaban J connectivity index is 1.59. The summed E-state index contributed by atoms with van der Waals surface area (Å²) in [4.78, 5) is 12.5. The van der Waals surface area contributed by atoms with Crippen molar-refractivity contribution in [1.29, 1.82) is 0 Å². The van der Waals surface area contributed by atoms with Gasteiger partial charge in [0.1, 0.15) is 0 Å². The highest BCUT2D eigenvalue weighted by Crippen LogP contribution is 2.18. The maximum atomic E-state index is 4.45. The Morgan fingerprint density at radius 3 is 2.74 bits per heavy atom. The Labute approximate surface area is 144 Å². The van der Waals surface area contributed by atoms with Crippen molar-refractivity contribution in [3.63, 3.8) is 0 Å². The van der Waals surface area contributed by atoms with Gasteiger partial charge >= 0.3 is 0 Å². The Hall–Kier alpha value is -1.14. The first-order valence-corrected chi connectivity index (χ1v) is 9.59.